The van der Waals surface area contributed by atoms with Gasteiger partial charge in [0.2, 0.25) is 0 Å². The maximum Gasteiger partial charge on any atom is 0.255 e. The van der Waals surface area contributed by atoms with Crippen LogP contribution in [0.3, 0.4) is 0 Å². The van der Waals surface area contributed by atoms with Crippen molar-refractivity contribution in [2.24, 2.45) is 0 Å². The number of carbonyl (C=O) groups excluding carboxylic acids is 1. The van der Waals surface area contributed by atoms with E-state index in [0.29, 0.717) is 23.5 Å². The van der Waals surface area contributed by atoms with Crippen molar-refractivity contribution in [1.82, 2.24) is 9.38 Å². The van der Waals surface area contributed by atoms with E-state index in [-0.39, 0.29) is 5.91 Å². The Hall–Kier alpha value is -4.58. The molecule has 5 rings (SSSR count). The van der Waals surface area contributed by atoms with Gasteiger partial charge < -0.3 is 20.8 Å². The van der Waals surface area contributed by atoms with Crippen LogP contribution in [-0.4, -0.2) is 15.3 Å². The molecule has 5 aromatic rings. The number of nitrogens with one attached hydrogen (secondary N) is 2. The van der Waals surface area contributed by atoms with Crippen molar-refractivity contribution in [2.75, 3.05) is 16.4 Å². The van der Waals surface area contributed by atoms with Crippen LogP contribution in [0.2, 0.25) is 0 Å². The fraction of sp³-hybridized carbons (Fsp3) is 0.0714. The number of amides is 1. The number of imidazole rings is 1. The van der Waals surface area contributed by atoms with E-state index >= 15 is 0 Å². The molecule has 3 aromatic carbocycles. The molecule has 0 bridgehead atoms. The molecule has 168 valence electrons. The fourth-order valence-electron chi connectivity index (χ4n) is 3.88. The van der Waals surface area contributed by atoms with Crippen LogP contribution in [-0.2, 0) is 6.54 Å². The number of fused-ring (bicyclic) bond motifs is 1. The highest BCUT2D eigenvalue weighted by atomic mass is 16.1. The van der Waals surface area contributed by atoms with Gasteiger partial charge in [-0.05, 0) is 60.5 Å². The molecule has 0 aliphatic heterocycles. The summed E-state index contributed by atoms with van der Waals surface area (Å²) in [5.41, 5.74) is 14.1. The van der Waals surface area contributed by atoms with Crippen molar-refractivity contribution in [2.45, 2.75) is 13.5 Å². The van der Waals surface area contributed by atoms with E-state index in [4.69, 9.17) is 5.73 Å². The quantitative estimate of drug-likeness (QED) is 0.289. The predicted octanol–water partition coefficient (Wildman–Crippen LogP) is 5.76. The lowest BCUT2D eigenvalue weighted by atomic mass is 10.0. The topological polar surface area (TPSA) is 84.5 Å². The highest BCUT2D eigenvalue weighted by Gasteiger charge is 2.10. The minimum atomic E-state index is -0.200. The van der Waals surface area contributed by atoms with Gasteiger partial charge in [-0.15, -0.1) is 0 Å². The van der Waals surface area contributed by atoms with Crippen LogP contribution in [0.1, 0.15) is 21.5 Å². The molecule has 0 radical (unpaired) electrons. The number of hydrogen-bond donors (Lipinski definition) is 3. The number of carbonyl (C=O) groups is 1. The Kier molecular flexibility index (Phi) is 5.70. The Morgan fingerprint density at radius 3 is 2.50 bits per heavy atom. The van der Waals surface area contributed by atoms with Gasteiger partial charge in [-0.1, -0.05) is 42.0 Å². The van der Waals surface area contributed by atoms with Gasteiger partial charge in [0.1, 0.15) is 5.65 Å². The van der Waals surface area contributed by atoms with Gasteiger partial charge in [0.25, 0.3) is 5.91 Å². The molecule has 4 N–H and O–H groups in total. The summed E-state index contributed by atoms with van der Waals surface area (Å²) < 4.78 is 2.05. The molecule has 6 nitrogen and oxygen atoms in total. The molecule has 2 aromatic heterocycles. The largest absolute Gasteiger partial charge is 0.397 e. The third-order valence-electron chi connectivity index (χ3n) is 5.79. The first kappa shape index (κ1) is 21.3. The molecule has 34 heavy (non-hydrogen) atoms. The number of benzene rings is 3. The Balaban J connectivity index is 1.31. The number of hydrogen-bond acceptors (Lipinski definition) is 4. The number of rotatable bonds is 6. The lowest BCUT2D eigenvalue weighted by Gasteiger charge is -2.12. The van der Waals surface area contributed by atoms with E-state index in [0.717, 1.165) is 28.0 Å². The Labute approximate surface area is 198 Å². The number of anilines is 3. The van der Waals surface area contributed by atoms with Crippen LogP contribution >= 0.6 is 0 Å². The van der Waals surface area contributed by atoms with Crippen LogP contribution in [0.15, 0.2) is 97.5 Å². The molecule has 0 aliphatic carbocycles. The average Bonchev–Trinajstić information content (AvgIpc) is 3.34. The molecule has 1 amide bonds. The Morgan fingerprint density at radius 2 is 1.74 bits per heavy atom. The predicted molar refractivity (Wildman–Crippen MR) is 138 cm³/mol. The highest BCUT2D eigenvalue weighted by molar-refractivity contribution is 6.05. The zero-order chi connectivity index (χ0) is 23.5. The summed E-state index contributed by atoms with van der Waals surface area (Å²) >= 11 is 0. The zero-order valence-corrected chi connectivity index (χ0v) is 18.8. The standard InChI is InChI=1S/C28H25N5O/c1-19-6-8-20(9-7-19)23-16-22(27-30-14-15-33(27)18-23)17-31-24-12-10-21(11-13-24)28(34)32-26-5-3-2-4-25(26)29/h2-16,18,31H,17,29H2,1H3,(H,32,34). The first-order valence-electron chi connectivity index (χ1n) is 11.1. The number of nitrogens with zero attached hydrogens (tertiary/aromatic N) is 2. The van der Waals surface area contributed by atoms with Gasteiger partial charge in [-0.25, -0.2) is 4.98 Å². The molecule has 0 unspecified atom stereocenters. The number of nitrogens with two attached hydrogens (primary N) is 1. The second-order valence-corrected chi connectivity index (χ2v) is 8.25. The highest BCUT2D eigenvalue weighted by Crippen LogP contribution is 2.24. The van der Waals surface area contributed by atoms with Crippen molar-refractivity contribution in [3.05, 3.63) is 114 Å². The maximum absolute atomic E-state index is 12.6. The third kappa shape index (κ3) is 4.47. The number of nitrogen functional groups attached to an aromatic ring is 1. The minimum Gasteiger partial charge on any atom is -0.397 e. The summed E-state index contributed by atoms with van der Waals surface area (Å²) in [7, 11) is 0. The van der Waals surface area contributed by atoms with Crippen molar-refractivity contribution in [3.63, 3.8) is 0 Å². The second kappa shape index (κ2) is 9.11. The third-order valence-corrected chi connectivity index (χ3v) is 5.79. The smallest absolute Gasteiger partial charge is 0.255 e. The van der Waals surface area contributed by atoms with Crippen LogP contribution in [0.5, 0.6) is 0 Å². The molecule has 0 saturated carbocycles. The van der Waals surface area contributed by atoms with Crippen LogP contribution < -0.4 is 16.4 Å². The summed E-state index contributed by atoms with van der Waals surface area (Å²) in [5, 5.41) is 6.30. The molecule has 0 atom stereocenters. The fourth-order valence-corrected chi connectivity index (χ4v) is 3.88. The molecule has 0 spiro atoms. The second-order valence-electron chi connectivity index (χ2n) is 8.25. The summed E-state index contributed by atoms with van der Waals surface area (Å²) in [5.74, 6) is -0.200. The molecule has 0 aliphatic rings. The van der Waals surface area contributed by atoms with Gasteiger partial charge in [-0.2, -0.15) is 0 Å². The molecule has 0 saturated heterocycles. The first-order chi connectivity index (χ1) is 16.6. The number of aromatic nitrogens is 2. The van der Waals surface area contributed by atoms with E-state index in [2.05, 4.69) is 63.5 Å². The number of pyridine rings is 1. The number of aryl methyl sites for hydroxylation is 1. The minimum absolute atomic E-state index is 0.200. The van der Waals surface area contributed by atoms with Gasteiger partial charge in [0, 0.05) is 41.9 Å². The van der Waals surface area contributed by atoms with Crippen LogP contribution in [0.4, 0.5) is 17.1 Å². The molecular weight excluding hydrogens is 422 g/mol. The van der Waals surface area contributed by atoms with Crippen molar-refractivity contribution >= 4 is 28.6 Å². The van der Waals surface area contributed by atoms with Crippen molar-refractivity contribution in [1.29, 1.82) is 0 Å². The molecule has 2 heterocycles. The lowest BCUT2D eigenvalue weighted by molar-refractivity contribution is 0.102. The van der Waals surface area contributed by atoms with E-state index in [1.165, 1.54) is 5.56 Å². The normalized spacial score (nSPS) is 10.9. The van der Waals surface area contributed by atoms with Crippen LogP contribution in [0, 0.1) is 6.92 Å². The van der Waals surface area contributed by atoms with E-state index in [1.807, 2.05) is 36.7 Å². The zero-order valence-electron chi connectivity index (χ0n) is 18.8. The molecule has 6 heteroatoms. The van der Waals surface area contributed by atoms with Crippen molar-refractivity contribution < 1.29 is 4.79 Å². The average molecular weight is 448 g/mol. The summed E-state index contributed by atoms with van der Waals surface area (Å²) in [6.07, 6.45) is 5.87. The SMILES string of the molecule is Cc1ccc(-c2cc(CNc3ccc(C(=O)Nc4ccccc4N)cc3)c3nccn3c2)cc1. The van der Waals surface area contributed by atoms with Crippen LogP contribution in [0.25, 0.3) is 16.8 Å². The first-order valence-corrected chi connectivity index (χ1v) is 11.1. The van der Waals surface area contributed by atoms with Gasteiger partial charge >= 0.3 is 0 Å². The van der Waals surface area contributed by atoms with Gasteiger partial charge in [0.05, 0.1) is 11.4 Å². The molecular formula is C28H25N5O. The van der Waals surface area contributed by atoms with E-state index in [1.54, 1.807) is 24.3 Å². The lowest BCUT2D eigenvalue weighted by Crippen LogP contribution is -2.13. The summed E-state index contributed by atoms with van der Waals surface area (Å²) in [4.78, 5) is 17.1. The number of para-hydroxylation sites is 2. The van der Waals surface area contributed by atoms with Gasteiger partial charge in [0.15, 0.2) is 0 Å². The maximum atomic E-state index is 12.6. The Bertz CT molecular complexity index is 1450. The van der Waals surface area contributed by atoms with E-state index in [9.17, 15) is 4.79 Å². The van der Waals surface area contributed by atoms with E-state index < -0.39 is 0 Å². The summed E-state index contributed by atoms with van der Waals surface area (Å²) in [6, 6.07) is 25.3. The monoisotopic (exact) mass is 447 g/mol. The van der Waals surface area contributed by atoms with Gasteiger partial charge in [-0.3, -0.25) is 4.79 Å². The Morgan fingerprint density at radius 1 is 0.971 bits per heavy atom. The van der Waals surface area contributed by atoms with Crippen molar-refractivity contribution in [3.8, 4) is 11.1 Å². The molecule has 0 fully saturated rings. The summed E-state index contributed by atoms with van der Waals surface area (Å²) in [6.45, 7) is 2.69.